The van der Waals surface area contributed by atoms with Gasteiger partial charge in [0.15, 0.2) is 0 Å². The topological polar surface area (TPSA) is 23.5 Å². The summed E-state index contributed by atoms with van der Waals surface area (Å²) < 4.78 is 0. The van der Waals surface area contributed by atoms with Crippen molar-refractivity contribution in [2.45, 2.75) is 57.6 Å². The Morgan fingerprint density at radius 3 is 2.29 bits per heavy atom. The van der Waals surface area contributed by atoms with E-state index in [0.717, 1.165) is 25.1 Å². The van der Waals surface area contributed by atoms with Crippen LogP contribution in [0.15, 0.2) is 18.2 Å². The first-order valence-corrected chi connectivity index (χ1v) is 8.60. The quantitative estimate of drug-likeness (QED) is 0.856. The van der Waals surface area contributed by atoms with Gasteiger partial charge in [-0.1, -0.05) is 42.6 Å². The lowest BCUT2D eigenvalue weighted by Gasteiger charge is -2.46. The van der Waals surface area contributed by atoms with Crippen LogP contribution < -0.4 is 0 Å². The maximum atomic E-state index is 10.9. The second-order valence-electron chi connectivity index (χ2n) is 6.18. The fraction of sp³-hybridized carbons (Fsp3) is 0.647. The van der Waals surface area contributed by atoms with Crippen molar-refractivity contribution in [1.82, 2.24) is 4.90 Å². The van der Waals surface area contributed by atoms with Gasteiger partial charge in [-0.15, -0.1) is 0 Å². The smallest absolute Gasteiger partial charge is 0.0762 e. The van der Waals surface area contributed by atoms with Gasteiger partial charge in [-0.2, -0.15) is 0 Å². The average molecular weight is 330 g/mol. The predicted octanol–water partition coefficient (Wildman–Crippen LogP) is 4.55. The van der Waals surface area contributed by atoms with Crippen molar-refractivity contribution in [3.63, 3.8) is 0 Å². The third-order valence-electron chi connectivity index (χ3n) is 4.97. The van der Waals surface area contributed by atoms with Crippen molar-refractivity contribution in [2.75, 3.05) is 13.1 Å². The van der Waals surface area contributed by atoms with Crippen molar-refractivity contribution < 1.29 is 5.11 Å². The molecule has 1 heterocycles. The summed E-state index contributed by atoms with van der Waals surface area (Å²) in [6, 6.07) is 5.50. The van der Waals surface area contributed by atoms with Gasteiger partial charge in [0.1, 0.15) is 0 Å². The van der Waals surface area contributed by atoms with E-state index in [1.54, 1.807) is 0 Å². The molecule has 0 aliphatic carbocycles. The van der Waals surface area contributed by atoms with Crippen LogP contribution in [0.1, 0.15) is 45.1 Å². The van der Waals surface area contributed by atoms with Crippen LogP contribution in [0.5, 0.6) is 0 Å². The van der Waals surface area contributed by atoms with Crippen molar-refractivity contribution >= 4 is 23.2 Å². The third kappa shape index (κ3) is 3.73. The molecule has 1 aromatic rings. The Bertz CT molecular complexity index is 454. The molecular weight excluding hydrogens is 305 g/mol. The largest absolute Gasteiger partial charge is 0.391 e. The van der Waals surface area contributed by atoms with E-state index in [-0.39, 0.29) is 5.54 Å². The molecule has 2 nitrogen and oxygen atoms in total. The first-order chi connectivity index (χ1) is 9.99. The predicted molar refractivity (Wildman–Crippen MR) is 90.3 cm³/mol. The van der Waals surface area contributed by atoms with Gasteiger partial charge in [-0.25, -0.2) is 0 Å². The molecule has 0 amide bonds. The molecule has 1 aliphatic heterocycles. The molecule has 0 saturated carbocycles. The SMILES string of the molecule is CCC(C)(C(O)Cc1c(Cl)cccc1Cl)N1CCCCC1. The summed E-state index contributed by atoms with van der Waals surface area (Å²) in [5, 5.41) is 12.1. The Hall–Kier alpha value is -0.280. The fourth-order valence-electron chi connectivity index (χ4n) is 3.22. The second-order valence-corrected chi connectivity index (χ2v) is 6.99. The minimum atomic E-state index is -0.474. The number of piperidine rings is 1. The maximum absolute atomic E-state index is 10.9. The third-order valence-corrected chi connectivity index (χ3v) is 5.68. The normalized spacial score (nSPS) is 21.0. The van der Waals surface area contributed by atoms with E-state index in [1.165, 1.54) is 19.3 Å². The summed E-state index contributed by atoms with van der Waals surface area (Å²) >= 11 is 12.5. The van der Waals surface area contributed by atoms with Crippen LogP contribution in [0.3, 0.4) is 0 Å². The van der Waals surface area contributed by atoms with Gasteiger partial charge in [0.25, 0.3) is 0 Å². The standard InChI is InChI=1S/C17H25Cl2NO/c1-3-17(2,20-10-5-4-6-11-20)16(21)12-13-14(18)8-7-9-15(13)19/h7-9,16,21H,3-6,10-12H2,1-2H3. The molecule has 4 heteroatoms. The minimum Gasteiger partial charge on any atom is -0.391 e. The molecule has 1 N–H and O–H groups in total. The molecule has 21 heavy (non-hydrogen) atoms. The first-order valence-electron chi connectivity index (χ1n) is 7.85. The van der Waals surface area contributed by atoms with Crippen LogP contribution >= 0.6 is 23.2 Å². The zero-order chi connectivity index (χ0) is 15.5. The van der Waals surface area contributed by atoms with Gasteiger partial charge in [-0.3, -0.25) is 4.90 Å². The van der Waals surface area contributed by atoms with Crippen LogP contribution in [0.25, 0.3) is 0 Å². The monoisotopic (exact) mass is 329 g/mol. The number of hydrogen-bond donors (Lipinski definition) is 1. The summed E-state index contributed by atoms with van der Waals surface area (Å²) in [6.07, 6.45) is 4.67. The van der Waals surface area contributed by atoms with Crippen molar-refractivity contribution in [3.8, 4) is 0 Å². The lowest BCUT2D eigenvalue weighted by Crippen LogP contribution is -2.56. The molecule has 0 radical (unpaired) electrons. The summed E-state index contributed by atoms with van der Waals surface area (Å²) in [7, 11) is 0. The minimum absolute atomic E-state index is 0.219. The maximum Gasteiger partial charge on any atom is 0.0762 e. The van der Waals surface area contributed by atoms with Crippen LogP contribution in [0, 0.1) is 0 Å². The van der Waals surface area contributed by atoms with Crippen LogP contribution in [-0.2, 0) is 6.42 Å². The van der Waals surface area contributed by atoms with E-state index in [0.29, 0.717) is 16.5 Å². The highest BCUT2D eigenvalue weighted by Crippen LogP contribution is 2.32. The van der Waals surface area contributed by atoms with Gasteiger partial charge >= 0.3 is 0 Å². The molecule has 2 atom stereocenters. The lowest BCUT2D eigenvalue weighted by molar-refractivity contribution is -0.0328. The second kappa shape index (κ2) is 7.32. The average Bonchev–Trinajstić information content (AvgIpc) is 2.51. The molecule has 2 unspecified atom stereocenters. The van der Waals surface area contributed by atoms with E-state index < -0.39 is 6.10 Å². The zero-order valence-electron chi connectivity index (χ0n) is 12.9. The number of aliphatic hydroxyl groups excluding tert-OH is 1. The number of benzene rings is 1. The van der Waals surface area contributed by atoms with Gasteiger partial charge in [0, 0.05) is 22.0 Å². The fourth-order valence-corrected chi connectivity index (χ4v) is 3.77. The summed E-state index contributed by atoms with van der Waals surface area (Å²) in [5.41, 5.74) is 0.633. The van der Waals surface area contributed by atoms with Crippen LogP contribution in [0.2, 0.25) is 10.0 Å². The van der Waals surface area contributed by atoms with E-state index in [9.17, 15) is 5.11 Å². The van der Waals surface area contributed by atoms with E-state index >= 15 is 0 Å². The van der Waals surface area contributed by atoms with Crippen molar-refractivity contribution in [1.29, 1.82) is 0 Å². The van der Waals surface area contributed by atoms with Gasteiger partial charge in [-0.05, 0) is 57.0 Å². The Kier molecular flexibility index (Phi) is 5.96. The lowest BCUT2D eigenvalue weighted by atomic mass is 9.84. The van der Waals surface area contributed by atoms with Gasteiger partial charge in [0.05, 0.1) is 6.10 Å². The molecule has 118 valence electrons. The number of likely N-dealkylation sites (tertiary alicyclic amines) is 1. The van der Waals surface area contributed by atoms with E-state index in [2.05, 4.69) is 18.7 Å². The molecular formula is C17H25Cl2NO. The highest BCUT2D eigenvalue weighted by atomic mass is 35.5. The van der Waals surface area contributed by atoms with Gasteiger partial charge < -0.3 is 5.11 Å². The molecule has 0 spiro atoms. The van der Waals surface area contributed by atoms with E-state index in [1.807, 2.05) is 18.2 Å². The van der Waals surface area contributed by atoms with Crippen molar-refractivity contribution in [2.24, 2.45) is 0 Å². The molecule has 0 bridgehead atoms. The summed E-state index contributed by atoms with van der Waals surface area (Å²) in [5.74, 6) is 0. The number of hydrogen-bond acceptors (Lipinski definition) is 2. The number of halogens is 2. The number of nitrogens with zero attached hydrogens (tertiary/aromatic N) is 1. The van der Waals surface area contributed by atoms with E-state index in [4.69, 9.17) is 23.2 Å². The Morgan fingerprint density at radius 1 is 1.19 bits per heavy atom. The zero-order valence-corrected chi connectivity index (χ0v) is 14.4. The molecule has 1 aromatic carbocycles. The highest BCUT2D eigenvalue weighted by Gasteiger charge is 2.38. The summed E-state index contributed by atoms with van der Waals surface area (Å²) in [4.78, 5) is 2.44. The van der Waals surface area contributed by atoms with Gasteiger partial charge in [0.2, 0.25) is 0 Å². The van der Waals surface area contributed by atoms with Crippen LogP contribution in [0.4, 0.5) is 0 Å². The summed E-state index contributed by atoms with van der Waals surface area (Å²) in [6.45, 7) is 6.44. The molecule has 2 rings (SSSR count). The Morgan fingerprint density at radius 2 is 1.76 bits per heavy atom. The Balaban J connectivity index is 2.17. The molecule has 1 aliphatic rings. The number of aliphatic hydroxyl groups is 1. The molecule has 1 saturated heterocycles. The molecule has 1 fully saturated rings. The molecule has 0 aromatic heterocycles. The van der Waals surface area contributed by atoms with Crippen LogP contribution in [-0.4, -0.2) is 34.7 Å². The van der Waals surface area contributed by atoms with Crippen molar-refractivity contribution in [3.05, 3.63) is 33.8 Å². The number of rotatable bonds is 5. The first kappa shape index (κ1) is 17.1. The highest BCUT2D eigenvalue weighted by molar-refractivity contribution is 6.36. The Labute approximate surface area is 138 Å².